The third-order valence-electron chi connectivity index (χ3n) is 1.78. The largest absolute Gasteiger partial charge is 0.296 e. The minimum Gasteiger partial charge on any atom is -0.296 e. The van der Waals surface area contributed by atoms with Gasteiger partial charge in [0.2, 0.25) is 5.13 Å². The molecule has 16 heavy (non-hydrogen) atoms. The van der Waals surface area contributed by atoms with E-state index in [1.807, 2.05) is 0 Å². The highest BCUT2D eigenvalue weighted by Crippen LogP contribution is 2.14. The maximum Gasteiger partial charge on any atom is 0.260 e. The molecular weight excluding hydrogens is 249 g/mol. The van der Waals surface area contributed by atoms with Crippen LogP contribution in [0.4, 0.5) is 9.52 Å². The lowest BCUT2D eigenvalue weighted by Gasteiger charge is -2.01. The third-order valence-corrected chi connectivity index (χ3v) is 2.78. The molecule has 0 atom stereocenters. The Labute approximate surface area is 99.1 Å². The van der Waals surface area contributed by atoms with Gasteiger partial charge in [-0.25, -0.2) is 4.39 Å². The summed E-state index contributed by atoms with van der Waals surface area (Å²) in [4.78, 5) is 11.6. The summed E-state index contributed by atoms with van der Waals surface area (Å²) in [6.07, 6.45) is 0. The van der Waals surface area contributed by atoms with E-state index in [0.717, 1.165) is 11.3 Å². The lowest BCUT2D eigenvalue weighted by molar-refractivity contribution is 0.102. The molecule has 1 heterocycles. The quantitative estimate of drug-likeness (QED) is 0.811. The van der Waals surface area contributed by atoms with Gasteiger partial charge in [-0.3, -0.25) is 15.2 Å². The number of carbonyl (C=O) groups excluding carboxylic acids is 1. The fourth-order valence-corrected chi connectivity index (χ4v) is 1.88. The van der Waals surface area contributed by atoms with Gasteiger partial charge in [-0.05, 0) is 24.4 Å². The SMILES string of the molecule is O=C(Nc1n[nH]c(=S)s1)c1ccccc1F. The molecule has 0 spiro atoms. The first-order valence-electron chi connectivity index (χ1n) is 4.28. The number of nitrogens with zero attached hydrogens (tertiary/aromatic N) is 1. The van der Waals surface area contributed by atoms with Crippen molar-refractivity contribution in [2.24, 2.45) is 0 Å². The smallest absolute Gasteiger partial charge is 0.260 e. The van der Waals surface area contributed by atoms with Gasteiger partial charge in [-0.1, -0.05) is 23.5 Å². The molecule has 0 aliphatic heterocycles. The van der Waals surface area contributed by atoms with Crippen molar-refractivity contribution in [2.45, 2.75) is 0 Å². The number of halogens is 1. The van der Waals surface area contributed by atoms with E-state index in [1.165, 1.54) is 18.2 Å². The summed E-state index contributed by atoms with van der Waals surface area (Å²) in [6, 6.07) is 5.73. The van der Waals surface area contributed by atoms with Gasteiger partial charge in [0.05, 0.1) is 5.56 Å². The second kappa shape index (κ2) is 4.50. The number of hydrogen-bond acceptors (Lipinski definition) is 4. The molecule has 0 saturated heterocycles. The summed E-state index contributed by atoms with van der Waals surface area (Å²) in [5, 5.41) is 9.03. The first kappa shape index (κ1) is 10.9. The van der Waals surface area contributed by atoms with Crippen molar-refractivity contribution in [3.63, 3.8) is 0 Å². The molecule has 2 aromatic rings. The lowest BCUT2D eigenvalue weighted by atomic mass is 10.2. The highest BCUT2D eigenvalue weighted by atomic mass is 32.1. The number of benzene rings is 1. The van der Waals surface area contributed by atoms with Crippen molar-refractivity contribution in [3.05, 3.63) is 39.6 Å². The molecule has 0 bridgehead atoms. The summed E-state index contributed by atoms with van der Waals surface area (Å²) in [6.45, 7) is 0. The average Bonchev–Trinajstić information content (AvgIpc) is 2.64. The monoisotopic (exact) mass is 255 g/mol. The zero-order valence-corrected chi connectivity index (χ0v) is 9.49. The van der Waals surface area contributed by atoms with Crippen LogP contribution in [0.3, 0.4) is 0 Å². The van der Waals surface area contributed by atoms with Gasteiger partial charge in [-0.2, -0.15) is 0 Å². The number of anilines is 1. The molecule has 0 fully saturated rings. The van der Waals surface area contributed by atoms with Crippen molar-refractivity contribution in [1.29, 1.82) is 0 Å². The van der Waals surface area contributed by atoms with E-state index in [-0.39, 0.29) is 5.56 Å². The van der Waals surface area contributed by atoms with Gasteiger partial charge in [0, 0.05) is 0 Å². The van der Waals surface area contributed by atoms with E-state index in [2.05, 4.69) is 15.5 Å². The van der Waals surface area contributed by atoms with E-state index in [9.17, 15) is 9.18 Å². The highest BCUT2D eigenvalue weighted by molar-refractivity contribution is 7.73. The normalized spacial score (nSPS) is 10.1. The molecule has 82 valence electrons. The van der Waals surface area contributed by atoms with Crippen LogP contribution in [-0.2, 0) is 0 Å². The van der Waals surface area contributed by atoms with Crippen molar-refractivity contribution in [1.82, 2.24) is 10.2 Å². The molecule has 0 radical (unpaired) electrons. The minimum atomic E-state index is -0.570. The van der Waals surface area contributed by atoms with Crippen LogP contribution in [0.5, 0.6) is 0 Å². The lowest BCUT2D eigenvalue weighted by Crippen LogP contribution is -2.13. The number of aromatic nitrogens is 2. The van der Waals surface area contributed by atoms with Crippen LogP contribution < -0.4 is 5.32 Å². The molecule has 1 amide bonds. The summed E-state index contributed by atoms with van der Waals surface area (Å²) in [7, 11) is 0. The molecule has 1 aromatic heterocycles. The number of aromatic amines is 1. The molecule has 2 rings (SSSR count). The number of H-pyrrole nitrogens is 1. The standard InChI is InChI=1S/C9H6FN3OS2/c10-6-4-2-1-3-5(6)7(14)11-8-12-13-9(15)16-8/h1-4H,(H,13,15)(H,11,12,14). The Kier molecular flexibility index (Phi) is 3.07. The molecule has 4 nitrogen and oxygen atoms in total. The maximum absolute atomic E-state index is 13.2. The van der Waals surface area contributed by atoms with E-state index >= 15 is 0 Å². The van der Waals surface area contributed by atoms with Crippen LogP contribution in [0.15, 0.2) is 24.3 Å². The topological polar surface area (TPSA) is 57.8 Å². The Morgan fingerprint density at radius 3 is 2.88 bits per heavy atom. The van der Waals surface area contributed by atoms with Gasteiger partial charge in [0.25, 0.3) is 5.91 Å². The van der Waals surface area contributed by atoms with Crippen LogP contribution in [0.1, 0.15) is 10.4 Å². The number of hydrogen-bond donors (Lipinski definition) is 2. The predicted molar refractivity (Wildman–Crippen MR) is 61.7 cm³/mol. The highest BCUT2D eigenvalue weighted by Gasteiger charge is 2.11. The van der Waals surface area contributed by atoms with Crippen molar-refractivity contribution >= 4 is 34.6 Å². The van der Waals surface area contributed by atoms with Crippen molar-refractivity contribution < 1.29 is 9.18 Å². The number of carbonyl (C=O) groups is 1. The summed E-state index contributed by atoms with van der Waals surface area (Å²) >= 11 is 5.91. The Morgan fingerprint density at radius 1 is 1.50 bits per heavy atom. The molecule has 2 N–H and O–H groups in total. The summed E-state index contributed by atoms with van der Waals surface area (Å²) in [5.41, 5.74) is -0.0244. The average molecular weight is 255 g/mol. The number of rotatable bonds is 2. The molecule has 0 unspecified atom stereocenters. The van der Waals surface area contributed by atoms with Gasteiger partial charge in [-0.15, -0.1) is 5.10 Å². The molecule has 0 aliphatic rings. The molecular formula is C9H6FN3OS2. The van der Waals surface area contributed by atoms with Crippen molar-refractivity contribution in [3.8, 4) is 0 Å². The molecule has 0 aliphatic carbocycles. The van der Waals surface area contributed by atoms with Gasteiger partial charge < -0.3 is 0 Å². The second-order valence-electron chi connectivity index (χ2n) is 2.85. The van der Waals surface area contributed by atoms with Crippen LogP contribution in [0.25, 0.3) is 0 Å². The van der Waals surface area contributed by atoms with Gasteiger partial charge in [0.15, 0.2) is 3.95 Å². The van der Waals surface area contributed by atoms with Gasteiger partial charge in [0.1, 0.15) is 5.82 Å². The van der Waals surface area contributed by atoms with E-state index < -0.39 is 11.7 Å². The maximum atomic E-state index is 13.2. The fraction of sp³-hybridized carbons (Fsp3) is 0. The fourth-order valence-electron chi connectivity index (χ4n) is 1.09. The predicted octanol–water partition coefficient (Wildman–Crippen LogP) is 2.59. The van der Waals surface area contributed by atoms with E-state index in [1.54, 1.807) is 6.07 Å². The Bertz CT molecular complexity index is 578. The van der Waals surface area contributed by atoms with Crippen LogP contribution in [0.2, 0.25) is 0 Å². The van der Waals surface area contributed by atoms with Crippen LogP contribution in [-0.4, -0.2) is 16.1 Å². The van der Waals surface area contributed by atoms with Crippen LogP contribution in [0, 0.1) is 9.77 Å². The molecule has 7 heteroatoms. The first-order valence-corrected chi connectivity index (χ1v) is 5.50. The minimum absolute atomic E-state index is 0.0244. The Hall–Kier alpha value is -1.60. The molecule has 0 saturated carbocycles. The molecule has 1 aromatic carbocycles. The first-order chi connectivity index (χ1) is 7.66. The van der Waals surface area contributed by atoms with E-state index in [4.69, 9.17) is 12.2 Å². The number of amides is 1. The van der Waals surface area contributed by atoms with Gasteiger partial charge >= 0.3 is 0 Å². The Morgan fingerprint density at radius 2 is 2.25 bits per heavy atom. The second-order valence-corrected chi connectivity index (χ2v) is 4.52. The van der Waals surface area contributed by atoms with Crippen molar-refractivity contribution in [2.75, 3.05) is 5.32 Å². The zero-order chi connectivity index (χ0) is 11.5. The zero-order valence-electron chi connectivity index (χ0n) is 7.86. The Balaban J connectivity index is 2.21. The summed E-state index contributed by atoms with van der Waals surface area (Å²) < 4.78 is 13.7. The number of nitrogens with one attached hydrogen (secondary N) is 2. The van der Waals surface area contributed by atoms with E-state index in [0.29, 0.717) is 9.09 Å². The third kappa shape index (κ3) is 2.31. The van der Waals surface area contributed by atoms with Crippen LogP contribution >= 0.6 is 23.6 Å². The summed E-state index contributed by atoms with van der Waals surface area (Å²) in [5.74, 6) is -1.12.